The third kappa shape index (κ3) is 1.82. The van der Waals surface area contributed by atoms with Crippen molar-refractivity contribution in [3.8, 4) is 0 Å². The first-order valence-electron chi connectivity index (χ1n) is 5.31. The lowest BCUT2D eigenvalue weighted by atomic mass is 10.0. The summed E-state index contributed by atoms with van der Waals surface area (Å²) in [6, 6.07) is 2.35. The second kappa shape index (κ2) is 3.78. The van der Waals surface area contributed by atoms with E-state index in [0.717, 1.165) is 24.0 Å². The van der Waals surface area contributed by atoms with Crippen molar-refractivity contribution in [1.82, 2.24) is 4.90 Å². The molecule has 0 N–H and O–H groups in total. The molecule has 1 heterocycles. The first kappa shape index (κ1) is 10.0. The highest BCUT2D eigenvalue weighted by Crippen LogP contribution is 2.30. The smallest absolute Gasteiger partial charge is 0.0124 e. The second-order valence-corrected chi connectivity index (χ2v) is 4.78. The molecule has 72 valence electrons. The topological polar surface area (TPSA) is 3.24 Å². The van der Waals surface area contributed by atoms with Gasteiger partial charge in [0.1, 0.15) is 0 Å². The quantitative estimate of drug-likeness (QED) is 0.614. The molecule has 1 heteroatoms. The van der Waals surface area contributed by atoms with Crippen molar-refractivity contribution < 1.29 is 0 Å². The Morgan fingerprint density at radius 2 is 1.67 bits per heavy atom. The van der Waals surface area contributed by atoms with E-state index in [1.807, 2.05) is 0 Å². The zero-order valence-electron chi connectivity index (χ0n) is 9.17. The van der Waals surface area contributed by atoms with Crippen molar-refractivity contribution in [2.24, 2.45) is 5.92 Å². The summed E-state index contributed by atoms with van der Waals surface area (Å²) in [5, 5.41) is 0. The minimum absolute atomic E-state index is 0.717. The fourth-order valence-electron chi connectivity index (χ4n) is 2.61. The zero-order chi connectivity index (χ0) is 9.30. The molecule has 1 aliphatic rings. The van der Waals surface area contributed by atoms with Gasteiger partial charge in [0.05, 0.1) is 0 Å². The maximum atomic E-state index is 2.69. The van der Waals surface area contributed by atoms with Gasteiger partial charge in [-0.05, 0) is 39.5 Å². The van der Waals surface area contributed by atoms with E-state index < -0.39 is 0 Å². The lowest BCUT2D eigenvalue weighted by Gasteiger charge is -2.34. The standard InChI is InChI=1S/C11H23N/c1-8(2)11-7-6-10(5)12(11)9(3)4/h8-11H,6-7H2,1-5H3/t10-,11?/m0/s1. The Kier molecular flexibility index (Phi) is 3.16. The fraction of sp³-hybridized carbons (Fsp3) is 1.00. The van der Waals surface area contributed by atoms with E-state index in [1.165, 1.54) is 12.8 Å². The van der Waals surface area contributed by atoms with Gasteiger partial charge in [0.15, 0.2) is 0 Å². The van der Waals surface area contributed by atoms with E-state index in [4.69, 9.17) is 0 Å². The zero-order valence-corrected chi connectivity index (χ0v) is 9.17. The summed E-state index contributed by atoms with van der Waals surface area (Å²) in [5.41, 5.74) is 0. The van der Waals surface area contributed by atoms with Crippen LogP contribution in [-0.4, -0.2) is 23.0 Å². The Morgan fingerprint density at radius 3 is 2.00 bits per heavy atom. The van der Waals surface area contributed by atoms with Gasteiger partial charge in [-0.15, -0.1) is 0 Å². The average molecular weight is 169 g/mol. The molecule has 0 bridgehead atoms. The molecule has 0 aromatic carbocycles. The number of likely N-dealkylation sites (tertiary alicyclic amines) is 1. The van der Waals surface area contributed by atoms with Gasteiger partial charge in [0.2, 0.25) is 0 Å². The normalized spacial score (nSPS) is 32.2. The SMILES string of the molecule is CC(C)C1CC[C@H](C)N1C(C)C. The molecule has 0 saturated carbocycles. The van der Waals surface area contributed by atoms with Gasteiger partial charge >= 0.3 is 0 Å². The second-order valence-electron chi connectivity index (χ2n) is 4.78. The Bertz CT molecular complexity index is 140. The highest BCUT2D eigenvalue weighted by Gasteiger charge is 2.33. The predicted octanol–water partition coefficient (Wildman–Crippen LogP) is 2.90. The third-order valence-electron chi connectivity index (χ3n) is 3.14. The molecule has 1 fully saturated rings. The lowest BCUT2D eigenvalue weighted by molar-refractivity contribution is 0.127. The van der Waals surface area contributed by atoms with Crippen LogP contribution in [0, 0.1) is 5.92 Å². The molecule has 0 aliphatic carbocycles. The molecule has 1 aliphatic heterocycles. The van der Waals surface area contributed by atoms with Gasteiger partial charge in [0.25, 0.3) is 0 Å². The summed E-state index contributed by atoms with van der Waals surface area (Å²) in [5.74, 6) is 0.817. The van der Waals surface area contributed by atoms with Crippen LogP contribution in [0.4, 0.5) is 0 Å². The predicted molar refractivity (Wildman–Crippen MR) is 54.3 cm³/mol. The van der Waals surface area contributed by atoms with E-state index >= 15 is 0 Å². The van der Waals surface area contributed by atoms with Gasteiger partial charge in [-0.3, -0.25) is 4.90 Å². The fourth-order valence-corrected chi connectivity index (χ4v) is 2.61. The maximum absolute atomic E-state index is 2.69. The first-order valence-corrected chi connectivity index (χ1v) is 5.31. The number of hydrogen-bond donors (Lipinski definition) is 0. The van der Waals surface area contributed by atoms with Crippen molar-refractivity contribution in [1.29, 1.82) is 0 Å². The summed E-state index contributed by atoms with van der Waals surface area (Å²) in [6.07, 6.45) is 2.79. The van der Waals surface area contributed by atoms with Crippen molar-refractivity contribution in [2.45, 2.75) is 65.6 Å². The third-order valence-corrected chi connectivity index (χ3v) is 3.14. The van der Waals surface area contributed by atoms with Crippen molar-refractivity contribution in [3.63, 3.8) is 0 Å². The Labute approximate surface area is 77.1 Å². The van der Waals surface area contributed by atoms with Crippen LogP contribution in [-0.2, 0) is 0 Å². The van der Waals surface area contributed by atoms with Crippen LogP contribution in [0.3, 0.4) is 0 Å². The number of nitrogens with zero attached hydrogens (tertiary/aromatic N) is 1. The molecule has 12 heavy (non-hydrogen) atoms. The summed E-state index contributed by atoms with van der Waals surface area (Å²) >= 11 is 0. The molecule has 1 rings (SSSR count). The van der Waals surface area contributed by atoms with E-state index in [1.54, 1.807) is 0 Å². The molecule has 1 saturated heterocycles. The molecule has 0 spiro atoms. The molecule has 1 unspecified atom stereocenters. The average Bonchev–Trinajstić information content (AvgIpc) is 2.30. The summed E-state index contributed by atoms with van der Waals surface area (Å²) < 4.78 is 0. The number of rotatable bonds is 2. The Hall–Kier alpha value is -0.0400. The van der Waals surface area contributed by atoms with Crippen LogP contribution in [0.15, 0.2) is 0 Å². The maximum Gasteiger partial charge on any atom is 0.0124 e. The summed E-state index contributed by atoms with van der Waals surface area (Å²) in [7, 11) is 0. The monoisotopic (exact) mass is 169 g/mol. The molecule has 0 amide bonds. The molecule has 0 radical (unpaired) electrons. The van der Waals surface area contributed by atoms with Gasteiger partial charge in [-0.2, -0.15) is 0 Å². The van der Waals surface area contributed by atoms with Gasteiger partial charge in [0, 0.05) is 18.1 Å². The van der Waals surface area contributed by atoms with Gasteiger partial charge in [-0.1, -0.05) is 13.8 Å². The van der Waals surface area contributed by atoms with Crippen molar-refractivity contribution in [3.05, 3.63) is 0 Å². The van der Waals surface area contributed by atoms with Crippen LogP contribution in [0.25, 0.3) is 0 Å². The van der Waals surface area contributed by atoms with Crippen LogP contribution in [0.5, 0.6) is 0 Å². The summed E-state index contributed by atoms with van der Waals surface area (Å²) in [4.78, 5) is 2.69. The molecular formula is C11H23N. The van der Waals surface area contributed by atoms with Crippen LogP contribution >= 0.6 is 0 Å². The van der Waals surface area contributed by atoms with E-state index in [0.29, 0.717) is 0 Å². The summed E-state index contributed by atoms with van der Waals surface area (Å²) in [6.45, 7) is 11.7. The van der Waals surface area contributed by atoms with E-state index in [2.05, 4.69) is 39.5 Å². The Morgan fingerprint density at radius 1 is 1.08 bits per heavy atom. The highest BCUT2D eigenvalue weighted by atomic mass is 15.2. The first-order chi connectivity index (χ1) is 5.54. The van der Waals surface area contributed by atoms with Crippen LogP contribution < -0.4 is 0 Å². The molecule has 0 aromatic heterocycles. The number of hydrogen-bond acceptors (Lipinski definition) is 1. The Balaban J connectivity index is 2.64. The minimum Gasteiger partial charge on any atom is -0.295 e. The van der Waals surface area contributed by atoms with Gasteiger partial charge in [-0.25, -0.2) is 0 Å². The van der Waals surface area contributed by atoms with Gasteiger partial charge < -0.3 is 0 Å². The van der Waals surface area contributed by atoms with Crippen LogP contribution in [0.2, 0.25) is 0 Å². The highest BCUT2D eigenvalue weighted by molar-refractivity contribution is 4.88. The molecule has 2 atom stereocenters. The molecule has 0 aromatic rings. The molecule has 1 nitrogen and oxygen atoms in total. The van der Waals surface area contributed by atoms with E-state index in [9.17, 15) is 0 Å². The minimum atomic E-state index is 0.717. The van der Waals surface area contributed by atoms with Crippen molar-refractivity contribution in [2.75, 3.05) is 0 Å². The van der Waals surface area contributed by atoms with Crippen LogP contribution in [0.1, 0.15) is 47.5 Å². The molecular weight excluding hydrogens is 146 g/mol. The lowest BCUT2D eigenvalue weighted by Crippen LogP contribution is -2.42. The largest absolute Gasteiger partial charge is 0.295 e. The van der Waals surface area contributed by atoms with Crippen molar-refractivity contribution >= 4 is 0 Å². The van der Waals surface area contributed by atoms with E-state index in [-0.39, 0.29) is 0 Å².